The van der Waals surface area contributed by atoms with Crippen LogP contribution in [0.15, 0.2) is 6.20 Å². The van der Waals surface area contributed by atoms with Crippen molar-refractivity contribution in [2.45, 2.75) is 97.1 Å². The monoisotopic (exact) mass is 294 g/mol. The number of unbranched alkanes of at least 4 members (excludes halogenated alkanes) is 7. The highest BCUT2D eigenvalue weighted by Gasteiger charge is 2.11. The summed E-state index contributed by atoms with van der Waals surface area (Å²) in [5, 5.41) is 8.43. The summed E-state index contributed by atoms with van der Waals surface area (Å²) < 4.78 is 1.98. The first-order chi connectivity index (χ1) is 10.0. The third-order valence-electron chi connectivity index (χ3n) is 3.85. The largest absolute Gasteiger partial charge is 0.326 e. The topological polar surface area (TPSA) is 56.7 Å². The molecule has 0 spiro atoms. The Kier molecular flexibility index (Phi) is 8.58. The predicted molar refractivity (Wildman–Crippen MR) is 89.2 cm³/mol. The fraction of sp³-hybridized carbons (Fsp3) is 0.882. The Morgan fingerprint density at radius 3 is 2.29 bits per heavy atom. The van der Waals surface area contributed by atoms with E-state index in [1.54, 1.807) is 0 Å². The lowest BCUT2D eigenvalue weighted by molar-refractivity contribution is 0.474. The van der Waals surface area contributed by atoms with Crippen LogP contribution in [0.5, 0.6) is 0 Å². The minimum atomic E-state index is -0.123. The molecule has 0 bridgehead atoms. The molecule has 0 saturated carbocycles. The van der Waals surface area contributed by atoms with E-state index in [1.807, 2.05) is 4.68 Å². The standard InChI is InChI=1S/C17H34N4/c1-4-5-6-7-8-9-10-11-14-21-15-16(19-20-21)12-13-17(2,3)18/h15H,4-14,18H2,1-3H3. The second-order valence-electron chi connectivity index (χ2n) is 6.94. The maximum absolute atomic E-state index is 5.99. The highest BCUT2D eigenvalue weighted by atomic mass is 15.4. The average Bonchev–Trinajstić information content (AvgIpc) is 2.87. The van der Waals surface area contributed by atoms with Gasteiger partial charge in [-0.2, -0.15) is 0 Å². The van der Waals surface area contributed by atoms with E-state index in [4.69, 9.17) is 5.73 Å². The van der Waals surface area contributed by atoms with Crippen LogP contribution >= 0.6 is 0 Å². The van der Waals surface area contributed by atoms with Gasteiger partial charge in [0.25, 0.3) is 0 Å². The normalized spacial score (nSPS) is 12.0. The van der Waals surface area contributed by atoms with E-state index < -0.39 is 0 Å². The van der Waals surface area contributed by atoms with E-state index in [-0.39, 0.29) is 5.54 Å². The van der Waals surface area contributed by atoms with Crippen LogP contribution in [-0.4, -0.2) is 20.5 Å². The van der Waals surface area contributed by atoms with Gasteiger partial charge < -0.3 is 5.73 Å². The number of nitrogens with two attached hydrogens (primary N) is 1. The lowest BCUT2D eigenvalue weighted by Crippen LogP contribution is -2.32. The molecule has 0 fully saturated rings. The molecule has 0 unspecified atom stereocenters. The average molecular weight is 294 g/mol. The molecule has 1 aromatic heterocycles. The lowest BCUT2D eigenvalue weighted by Gasteiger charge is -2.16. The Balaban J connectivity index is 2.06. The van der Waals surface area contributed by atoms with E-state index in [9.17, 15) is 0 Å². The molecular weight excluding hydrogens is 260 g/mol. The van der Waals surface area contributed by atoms with Gasteiger partial charge in [-0.05, 0) is 33.1 Å². The Morgan fingerprint density at radius 2 is 1.67 bits per heavy atom. The minimum absolute atomic E-state index is 0.123. The quantitative estimate of drug-likeness (QED) is 0.591. The summed E-state index contributed by atoms with van der Waals surface area (Å²) in [6.07, 6.45) is 14.7. The van der Waals surface area contributed by atoms with Crippen molar-refractivity contribution in [1.29, 1.82) is 0 Å². The first kappa shape index (κ1) is 18.1. The summed E-state index contributed by atoms with van der Waals surface area (Å²) in [5.74, 6) is 0. The molecular formula is C17H34N4. The van der Waals surface area contributed by atoms with E-state index in [2.05, 4.69) is 37.3 Å². The highest BCUT2D eigenvalue weighted by molar-refractivity contribution is 4.94. The minimum Gasteiger partial charge on any atom is -0.326 e. The maximum atomic E-state index is 5.99. The van der Waals surface area contributed by atoms with E-state index in [0.717, 1.165) is 25.1 Å². The first-order valence-electron chi connectivity index (χ1n) is 8.69. The molecule has 4 heteroatoms. The van der Waals surface area contributed by atoms with Crippen LogP contribution in [0.1, 0.15) is 84.3 Å². The van der Waals surface area contributed by atoms with Crippen molar-refractivity contribution >= 4 is 0 Å². The SMILES string of the molecule is CCCCCCCCCCn1cc(CCC(C)(C)N)nn1. The molecule has 4 nitrogen and oxygen atoms in total. The van der Waals surface area contributed by atoms with Gasteiger partial charge in [0.2, 0.25) is 0 Å². The van der Waals surface area contributed by atoms with Gasteiger partial charge in [-0.3, -0.25) is 4.68 Å². The Hall–Kier alpha value is -0.900. The van der Waals surface area contributed by atoms with E-state index in [1.165, 1.54) is 51.4 Å². The van der Waals surface area contributed by atoms with Gasteiger partial charge in [-0.15, -0.1) is 5.10 Å². The summed E-state index contributed by atoms with van der Waals surface area (Å²) in [5.41, 5.74) is 6.93. The van der Waals surface area contributed by atoms with Crippen molar-refractivity contribution in [1.82, 2.24) is 15.0 Å². The van der Waals surface area contributed by atoms with Crippen LogP contribution in [0, 0.1) is 0 Å². The molecule has 0 aliphatic rings. The molecule has 122 valence electrons. The number of hydrogen-bond donors (Lipinski definition) is 1. The van der Waals surface area contributed by atoms with Gasteiger partial charge in [-0.25, -0.2) is 0 Å². The van der Waals surface area contributed by atoms with Crippen LogP contribution in [0.25, 0.3) is 0 Å². The highest BCUT2D eigenvalue weighted by Crippen LogP contribution is 2.10. The maximum Gasteiger partial charge on any atom is 0.0827 e. The zero-order valence-corrected chi connectivity index (χ0v) is 14.3. The molecule has 0 atom stereocenters. The molecule has 0 saturated heterocycles. The summed E-state index contributed by atoms with van der Waals surface area (Å²) in [4.78, 5) is 0. The lowest BCUT2D eigenvalue weighted by atomic mass is 9.99. The van der Waals surface area contributed by atoms with Gasteiger partial charge in [0.1, 0.15) is 0 Å². The van der Waals surface area contributed by atoms with E-state index >= 15 is 0 Å². The molecule has 1 rings (SSSR count). The van der Waals surface area contributed by atoms with Crippen molar-refractivity contribution in [3.05, 3.63) is 11.9 Å². The van der Waals surface area contributed by atoms with Crippen LogP contribution in [-0.2, 0) is 13.0 Å². The second-order valence-corrected chi connectivity index (χ2v) is 6.94. The molecule has 21 heavy (non-hydrogen) atoms. The zero-order chi connectivity index (χ0) is 15.6. The van der Waals surface area contributed by atoms with Crippen LogP contribution < -0.4 is 5.73 Å². The van der Waals surface area contributed by atoms with Crippen LogP contribution in [0.2, 0.25) is 0 Å². The fourth-order valence-electron chi connectivity index (χ4n) is 2.42. The Bertz CT molecular complexity index is 365. The molecule has 0 aliphatic carbocycles. The third kappa shape index (κ3) is 9.62. The number of hydrogen-bond acceptors (Lipinski definition) is 3. The van der Waals surface area contributed by atoms with Gasteiger partial charge in [-0.1, -0.05) is 57.1 Å². The molecule has 0 amide bonds. The summed E-state index contributed by atoms with van der Waals surface area (Å²) >= 11 is 0. The van der Waals surface area contributed by atoms with Gasteiger partial charge in [0.15, 0.2) is 0 Å². The predicted octanol–water partition coefficient (Wildman–Crippen LogP) is 4.09. The van der Waals surface area contributed by atoms with Crippen molar-refractivity contribution in [2.75, 3.05) is 0 Å². The fourth-order valence-corrected chi connectivity index (χ4v) is 2.42. The van der Waals surface area contributed by atoms with Gasteiger partial charge in [0.05, 0.1) is 5.69 Å². The molecule has 1 heterocycles. The molecule has 2 N–H and O–H groups in total. The van der Waals surface area contributed by atoms with Crippen molar-refractivity contribution < 1.29 is 0 Å². The van der Waals surface area contributed by atoms with E-state index in [0.29, 0.717) is 0 Å². The summed E-state index contributed by atoms with van der Waals surface area (Å²) in [6, 6.07) is 0. The molecule has 0 aliphatic heterocycles. The molecule has 0 radical (unpaired) electrons. The molecule has 0 aromatic carbocycles. The molecule has 1 aromatic rings. The zero-order valence-electron chi connectivity index (χ0n) is 14.3. The second kappa shape index (κ2) is 9.93. The van der Waals surface area contributed by atoms with Crippen molar-refractivity contribution in [2.24, 2.45) is 5.73 Å². The Morgan fingerprint density at radius 1 is 1.05 bits per heavy atom. The van der Waals surface area contributed by atoms with Crippen molar-refractivity contribution in [3.63, 3.8) is 0 Å². The number of rotatable bonds is 12. The van der Waals surface area contributed by atoms with Crippen LogP contribution in [0.3, 0.4) is 0 Å². The summed E-state index contributed by atoms with van der Waals surface area (Å²) in [7, 11) is 0. The van der Waals surface area contributed by atoms with Gasteiger partial charge >= 0.3 is 0 Å². The Labute approximate surface area is 130 Å². The first-order valence-corrected chi connectivity index (χ1v) is 8.69. The van der Waals surface area contributed by atoms with Crippen molar-refractivity contribution in [3.8, 4) is 0 Å². The number of aromatic nitrogens is 3. The number of aryl methyl sites for hydroxylation is 2. The van der Waals surface area contributed by atoms with Crippen LogP contribution in [0.4, 0.5) is 0 Å². The summed E-state index contributed by atoms with van der Waals surface area (Å²) in [6.45, 7) is 7.37. The number of nitrogens with zero attached hydrogens (tertiary/aromatic N) is 3. The third-order valence-corrected chi connectivity index (χ3v) is 3.85. The smallest absolute Gasteiger partial charge is 0.0827 e. The van der Waals surface area contributed by atoms with Gasteiger partial charge in [0, 0.05) is 18.3 Å².